The van der Waals surface area contributed by atoms with Crippen molar-refractivity contribution in [1.82, 2.24) is 30.0 Å². The Balaban J connectivity index is 1.50. The summed E-state index contributed by atoms with van der Waals surface area (Å²) in [7, 11) is 5.10. The Morgan fingerprint density at radius 2 is 1.55 bits per heavy atom. The first-order valence-electron chi connectivity index (χ1n) is 12.9. The van der Waals surface area contributed by atoms with E-state index in [4.69, 9.17) is 9.47 Å². The molecule has 1 unspecified atom stereocenters. The van der Waals surface area contributed by atoms with E-state index in [2.05, 4.69) is 80.9 Å². The summed E-state index contributed by atoms with van der Waals surface area (Å²) in [5.74, 6) is 0.446. The van der Waals surface area contributed by atoms with Crippen LogP contribution >= 0.6 is 0 Å². The molecule has 11 heteroatoms. The number of nitrogens with zero attached hydrogens (tertiary/aromatic N) is 6. The topological polar surface area (TPSA) is 68.5 Å². The quantitative estimate of drug-likeness (QED) is 0.312. The standard InChI is InChI=1S/C29H31F3N6O2/c1-36-16-17-37(19-24(36)26(20-10-6-4-7-11-20)21-12-8-5-9-13-21)18-23-25(39-2)15-14-22(27(23)40-3)28-33-34-35-38(28)29(30,31)32/h4-15,24,26H,16-19H2,1-3H3. The third-order valence-corrected chi connectivity index (χ3v) is 7.46. The molecule has 1 saturated heterocycles. The molecule has 5 rings (SSSR count). The third-order valence-electron chi connectivity index (χ3n) is 7.46. The molecule has 0 spiro atoms. The third kappa shape index (κ3) is 5.52. The molecule has 3 aromatic carbocycles. The lowest BCUT2D eigenvalue weighted by atomic mass is 9.83. The molecule has 0 bridgehead atoms. The summed E-state index contributed by atoms with van der Waals surface area (Å²) < 4.78 is 52.0. The monoisotopic (exact) mass is 552 g/mol. The van der Waals surface area contributed by atoms with Gasteiger partial charge in [-0.15, -0.1) is 23.0 Å². The van der Waals surface area contributed by atoms with Gasteiger partial charge in [0.15, 0.2) is 5.82 Å². The minimum absolute atomic E-state index is 0.127. The molecular weight excluding hydrogens is 521 g/mol. The van der Waals surface area contributed by atoms with E-state index in [1.165, 1.54) is 31.4 Å². The van der Waals surface area contributed by atoms with Crippen LogP contribution in [0.5, 0.6) is 11.5 Å². The van der Waals surface area contributed by atoms with Gasteiger partial charge >= 0.3 is 6.30 Å². The second-order valence-corrected chi connectivity index (χ2v) is 9.79. The number of hydrogen-bond acceptors (Lipinski definition) is 7. The van der Waals surface area contributed by atoms with Crippen LogP contribution in [0.1, 0.15) is 22.6 Å². The van der Waals surface area contributed by atoms with Crippen LogP contribution in [-0.4, -0.2) is 77.0 Å². The first-order valence-corrected chi connectivity index (χ1v) is 12.9. The number of tetrazole rings is 1. The fraction of sp³-hybridized carbons (Fsp3) is 0.345. The molecule has 1 aromatic heterocycles. The first-order chi connectivity index (χ1) is 19.3. The number of alkyl halides is 3. The summed E-state index contributed by atoms with van der Waals surface area (Å²) in [4.78, 5) is 4.67. The van der Waals surface area contributed by atoms with Gasteiger partial charge in [-0.25, -0.2) is 0 Å². The van der Waals surface area contributed by atoms with Crippen molar-refractivity contribution in [1.29, 1.82) is 0 Å². The zero-order valence-electron chi connectivity index (χ0n) is 22.5. The van der Waals surface area contributed by atoms with Crippen LogP contribution in [0.15, 0.2) is 72.8 Å². The van der Waals surface area contributed by atoms with Crippen molar-refractivity contribution < 1.29 is 22.6 Å². The van der Waals surface area contributed by atoms with E-state index < -0.39 is 12.1 Å². The van der Waals surface area contributed by atoms with Gasteiger partial charge in [0.05, 0.1) is 25.3 Å². The maximum atomic E-state index is 13.6. The molecule has 0 aliphatic carbocycles. The van der Waals surface area contributed by atoms with E-state index in [0.29, 0.717) is 17.9 Å². The van der Waals surface area contributed by atoms with Gasteiger partial charge in [0.1, 0.15) is 11.5 Å². The number of aromatic nitrogens is 4. The molecule has 1 fully saturated rings. The number of benzene rings is 3. The predicted octanol–water partition coefficient (Wildman–Crippen LogP) is 4.78. The summed E-state index contributed by atoms with van der Waals surface area (Å²) in [6.45, 7) is 2.72. The van der Waals surface area contributed by atoms with Crippen molar-refractivity contribution in [2.45, 2.75) is 24.8 Å². The highest BCUT2D eigenvalue weighted by atomic mass is 19.4. The van der Waals surface area contributed by atoms with E-state index in [1.807, 2.05) is 12.1 Å². The summed E-state index contributed by atoms with van der Waals surface area (Å²) in [6, 6.07) is 24.2. The van der Waals surface area contributed by atoms with Gasteiger partial charge in [0.25, 0.3) is 0 Å². The van der Waals surface area contributed by atoms with Gasteiger partial charge in [-0.05, 0) is 40.7 Å². The van der Waals surface area contributed by atoms with E-state index in [-0.39, 0.29) is 28.0 Å². The fourth-order valence-electron chi connectivity index (χ4n) is 5.53. The number of hydrogen-bond donors (Lipinski definition) is 0. The van der Waals surface area contributed by atoms with Crippen LogP contribution in [0, 0.1) is 0 Å². The fourth-order valence-corrected chi connectivity index (χ4v) is 5.53. The van der Waals surface area contributed by atoms with Gasteiger partial charge < -0.3 is 9.47 Å². The molecule has 0 amide bonds. The van der Waals surface area contributed by atoms with Gasteiger partial charge in [0.2, 0.25) is 0 Å². The second-order valence-electron chi connectivity index (χ2n) is 9.79. The molecule has 1 aliphatic heterocycles. The second kappa shape index (κ2) is 11.6. The van der Waals surface area contributed by atoms with Crippen LogP contribution in [0.2, 0.25) is 0 Å². The maximum Gasteiger partial charge on any atom is 0.507 e. The molecule has 40 heavy (non-hydrogen) atoms. The summed E-state index contributed by atoms with van der Waals surface area (Å²) >= 11 is 0. The Morgan fingerprint density at radius 1 is 0.900 bits per heavy atom. The number of piperazine rings is 1. The minimum atomic E-state index is -4.78. The lowest BCUT2D eigenvalue weighted by molar-refractivity contribution is -0.211. The van der Waals surface area contributed by atoms with Crippen LogP contribution in [0.4, 0.5) is 13.2 Å². The lowest BCUT2D eigenvalue weighted by Crippen LogP contribution is -2.53. The average molecular weight is 553 g/mol. The predicted molar refractivity (Wildman–Crippen MR) is 144 cm³/mol. The minimum Gasteiger partial charge on any atom is -0.496 e. The Bertz CT molecular complexity index is 1380. The van der Waals surface area contributed by atoms with E-state index in [0.717, 1.165) is 19.6 Å². The molecule has 210 valence electrons. The number of ether oxygens (including phenoxy) is 2. The number of likely N-dealkylation sites (N-methyl/N-ethyl adjacent to an activating group) is 1. The number of halogens is 3. The molecule has 1 atom stereocenters. The van der Waals surface area contributed by atoms with Crippen LogP contribution in [-0.2, 0) is 12.8 Å². The Hall–Kier alpha value is -3.96. The van der Waals surface area contributed by atoms with Gasteiger partial charge in [-0.2, -0.15) is 0 Å². The van der Waals surface area contributed by atoms with Crippen LogP contribution in [0.25, 0.3) is 11.4 Å². The summed E-state index contributed by atoms with van der Waals surface area (Å²) in [5, 5.41) is 10.1. The largest absolute Gasteiger partial charge is 0.507 e. The average Bonchev–Trinajstić information content (AvgIpc) is 3.47. The van der Waals surface area contributed by atoms with Crippen molar-refractivity contribution in [2.24, 2.45) is 0 Å². The lowest BCUT2D eigenvalue weighted by Gasteiger charge is -2.44. The Kier molecular flexibility index (Phi) is 8.04. The summed E-state index contributed by atoms with van der Waals surface area (Å²) in [5.41, 5.74) is 3.23. The highest BCUT2D eigenvalue weighted by molar-refractivity contribution is 5.69. The van der Waals surface area contributed by atoms with Crippen LogP contribution < -0.4 is 9.47 Å². The van der Waals surface area contributed by atoms with E-state index in [1.54, 1.807) is 6.07 Å². The molecular formula is C29H31F3N6O2. The Labute approximate surface area is 230 Å². The zero-order valence-corrected chi connectivity index (χ0v) is 22.5. The Morgan fingerprint density at radius 3 is 2.12 bits per heavy atom. The smallest absolute Gasteiger partial charge is 0.496 e. The number of rotatable bonds is 8. The van der Waals surface area contributed by atoms with Gasteiger partial charge in [-0.1, -0.05) is 60.7 Å². The van der Waals surface area contributed by atoms with Crippen LogP contribution in [0.3, 0.4) is 0 Å². The van der Waals surface area contributed by atoms with Crippen molar-refractivity contribution in [2.75, 3.05) is 40.9 Å². The van der Waals surface area contributed by atoms with Gasteiger partial charge in [0, 0.05) is 38.1 Å². The SMILES string of the molecule is COc1ccc(-c2nnnn2C(F)(F)F)c(OC)c1CN1CCN(C)C(C(c2ccccc2)c2ccccc2)C1. The molecule has 0 saturated carbocycles. The summed E-state index contributed by atoms with van der Waals surface area (Å²) in [6.07, 6.45) is -4.78. The van der Waals surface area contributed by atoms with Crippen molar-refractivity contribution >= 4 is 0 Å². The maximum absolute atomic E-state index is 13.6. The normalized spacial score (nSPS) is 16.8. The molecule has 0 radical (unpaired) electrons. The van der Waals surface area contributed by atoms with Crippen molar-refractivity contribution in [3.8, 4) is 22.9 Å². The van der Waals surface area contributed by atoms with E-state index >= 15 is 0 Å². The molecule has 1 aliphatic rings. The molecule has 0 N–H and O–H groups in total. The van der Waals surface area contributed by atoms with Crippen molar-refractivity contribution in [3.63, 3.8) is 0 Å². The first kappa shape index (κ1) is 27.6. The van der Waals surface area contributed by atoms with E-state index in [9.17, 15) is 13.2 Å². The molecule has 2 heterocycles. The zero-order chi connectivity index (χ0) is 28.3. The number of methoxy groups -OCH3 is 2. The van der Waals surface area contributed by atoms with Crippen molar-refractivity contribution in [3.05, 3.63) is 89.5 Å². The highest BCUT2D eigenvalue weighted by Crippen LogP contribution is 2.41. The van der Waals surface area contributed by atoms with Gasteiger partial charge in [-0.3, -0.25) is 9.80 Å². The molecule has 4 aromatic rings. The highest BCUT2D eigenvalue weighted by Gasteiger charge is 2.38. The molecule has 8 nitrogen and oxygen atoms in total.